The van der Waals surface area contributed by atoms with Gasteiger partial charge in [0.2, 0.25) is 5.91 Å². The molecule has 0 unspecified atom stereocenters. The van der Waals surface area contributed by atoms with Gasteiger partial charge in [0.1, 0.15) is 0 Å². The fraction of sp³-hybridized carbons (Fsp3) is 0.500. The lowest BCUT2D eigenvalue weighted by Crippen LogP contribution is -2.44. The van der Waals surface area contributed by atoms with E-state index in [1.807, 2.05) is 13.8 Å². The number of halogens is 1. The van der Waals surface area contributed by atoms with Crippen LogP contribution in [0.3, 0.4) is 0 Å². The number of likely N-dealkylation sites (N-methyl/N-ethyl adjacent to an activating group) is 1. The standard InChI is InChI=1S/C14H21FN2O2/c1-9(2)13(16)14(18)17(3)8-10-5-6-12(19-4)11(15)7-10/h5-7,9,13H,8,16H2,1-4H3/t13-/m0/s1. The Hall–Kier alpha value is -1.62. The van der Waals surface area contributed by atoms with Crippen LogP contribution in [0, 0.1) is 11.7 Å². The minimum atomic E-state index is -0.534. The molecule has 0 aliphatic heterocycles. The molecule has 0 radical (unpaired) electrons. The van der Waals surface area contributed by atoms with Gasteiger partial charge in [-0.15, -0.1) is 0 Å². The van der Waals surface area contributed by atoms with E-state index >= 15 is 0 Å². The minimum Gasteiger partial charge on any atom is -0.494 e. The molecule has 0 saturated carbocycles. The van der Waals surface area contributed by atoms with E-state index in [9.17, 15) is 9.18 Å². The van der Waals surface area contributed by atoms with Gasteiger partial charge in [0.25, 0.3) is 0 Å². The largest absolute Gasteiger partial charge is 0.494 e. The number of nitrogens with zero attached hydrogens (tertiary/aromatic N) is 1. The Morgan fingerprint density at radius 3 is 2.58 bits per heavy atom. The predicted molar refractivity (Wildman–Crippen MR) is 72.2 cm³/mol. The van der Waals surface area contributed by atoms with E-state index in [4.69, 9.17) is 10.5 Å². The van der Waals surface area contributed by atoms with E-state index in [1.165, 1.54) is 18.1 Å². The van der Waals surface area contributed by atoms with Crippen LogP contribution in [0.25, 0.3) is 0 Å². The monoisotopic (exact) mass is 268 g/mol. The van der Waals surface area contributed by atoms with Crippen LogP contribution < -0.4 is 10.5 Å². The summed E-state index contributed by atoms with van der Waals surface area (Å²) >= 11 is 0. The molecule has 0 aliphatic rings. The van der Waals surface area contributed by atoms with Gasteiger partial charge < -0.3 is 15.4 Å². The average molecular weight is 268 g/mol. The third-order valence-electron chi connectivity index (χ3n) is 3.02. The highest BCUT2D eigenvalue weighted by atomic mass is 19.1. The second-order valence-electron chi connectivity index (χ2n) is 4.93. The van der Waals surface area contributed by atoms with Crippen LogP contribution >= 0.6 is 0 Å². The molecular formula is C14H21FN2O2. The van der Waals surface area contributed by atoms with Crippen molar-refractivity contribution in [1.82, 2.24) is 4.90 Å². The summed E-state index contributed by atoms with van der Waals surface area (Å²) in [5, 5.41) is 0. The molecule has 4 nitrogen and oxygen atoms in total. The van der Waals surface area contributed by atoms with Crippen molar-refractivity contribution in [2.75, 3.05) is 14.2 Å². The molecule has 2 N–H and O–H groups in total. The molecule has 1 atom stereocenters. The van der Waals surface area contributed by atoms with Crippen LogP contribution in [-0.4, -0.2) is 31.0 Å². The van der Waals surface area contributed by atoms with E-state index in [1.54, 1.807) is 19.2 Å². The first-order valence-electron chi connectivity index (χ1n) is 6.19. The molecule has 0 saturated heterocycles. The maximum atomic E-state index is 13.5. The lowest BCUT2D eigenvalue weighted by Gasteiger charge is -2.23. The summed E-state index contributed by atoms with van der Waals surface area (Å²) in [7, 11) is 3.07. The third-order valence-corrected chi connectivity index (χ3v) is 3.02. The molecule has 1 rings (SSSR count). The molecule has 19 heavy (non-hydrogen) atoms. The summed E-state index contributed by atoms with van der Waals surface area (Å²) in [5.41, 5.74) is 6.50. The van der Waals surface area contributed by atoms with E-state index < -0.39 is 11.9 Å². The number of ether oxygens (including phenoxy) is 1. The van der Waals surface area contributed by atoms with Crippen molar-refractivity contribution >= 4 is 5.91 Å². The smallest absolute Gasteiger partial charge is 0.239 e. The van der Waals surface area contributed by atoms with Crippen LogP contribution in [0.4, 0.5) is 4.39 Å². The first-order valence-corrected chi connectivity index (χ1v) is 6.19. The SMILES string of the molecule is COc1ccc(CN(C)C(=O)[C@@H](N)C(C)C)cc1F. The zero-order valence-corrected chi connectivity index (χ0v) is 11.8. The van der Waals surface area contributed by atoms with Crippen molar-refractivity contribution in [2.24, 2.45) is 11.7 Å². The molecule has 5 heteroatoms. The molecule has 1 amide bonds. The molecule has 106 valence electrons. The van der Waals surface area contributed by atoms with Crippen LogP contribution in [0.15, 0.2) is 18.2 Å². The van der Waals surface area contributed by atoms with Gasteiger partial charge in [-0.25, -0.2) is 4.39 Å². The lowest BCUT2D eigenvalue weighted by atomic mass is 10.0. The quantitative estimate of drug-likeness (QED) is 0.885. The van der Waals surface area contributed by atoms with Gasteiger partial charge in [-0.3, -0.25) is 4.79 Å². The number of rotatable bonds is 5. The number of amides is 1. The number of carbonyl (C=O) groups excluding carboxylic acids is 1. The highest BCUT2D eigenvalue weighted by Gasteiger charge is 2.21. The van der Waals surface area contributed by atoms with Crippen molar-refractivity contribution in [3.63, 3.8) is 0 Å². The molecule has 0 fully saturated rings. The Labute approximate surface area is 113 Å². The van der Waals surface area contributed by atoms with Crippen molar-refractivity contribution in [1.29, 1.82) is 0 Å². The molecule has 0 aliphatic carbocycles. The summed E-state index contributed by atoms with van der Waals surface area (Å²) in [4.78, 5) is 13.5. The summed E-state index contributed by atoms with van der Waals surface area (Å²) in [6, 6.07) is 4.11. The van der Waals surface area contributed by atoms with Gasteiger partial charge >= 0.3 is 0 Å². The summed E-state index contributed by atoms with van der Waals surface area (Å²) in [6.45, 7) is 4.10. The fourth-order valence-electron chi connectivity index (χ4n) is 1.70. The maximum absolute atomic E-state index is 13.5. The van der Waals surface area contributed by atoms with Gasteiger partial charge in [-0.1, -0.05) is 19.9 Å². The molecular weight excluding hydrogens is 247 g/mol. The van der Waals surface area contributed by atoms with Crippen molar-refractivity contribution in [2.45, 2.75) is 26.4 Å². The van der Waals surface area contributed by atoms with Crippen molar-refractivity contribution < 1.29 is 13.9 Å². The molecule has 0 heterocycles. The van der Waals surface area contributed by atoms with Gasteiger partial charge in [-0.05, 0) is 23.6 Å². The number of hydrogen-bond acceptors (Lipinski definition) is 3. The second kappa shape index (κ2) is 6.52. The number of nitrogens with two attached hydrogens (primary N) is 1. The molecule has 1 aromatic carbocycles. The number of benzene rings is 1. The average Bonchev–Trinajstić information content (AvgIpc) is 2.37. The Kier molecular flexibility index (Phi) is 5.30. The third kappa shape index (κ3) is 3.92. The summed E-state index contributed by atoms with van der Waals surface area (Å²) in [5.74, 6) is -0.320. The van der Waals surface area contributed by atoms with Crippen LogP contribution in [0.5, 0.6) is 5.75 Å². The van der Waals surface area contributed by atoms with Gasteiger partial charge in [0.15, 0.2) is 11.6 Å². The molecule has 0 spiro atoms. The lowest BCUT2D eigenvalue weighted by molar-refractivity contribution is -0.132. The van der Waals surface area contributed by atoms with Gasteiger partial charge in [-0.2, -0.15) is 0 Å². The first-order chi connectivity index (χ1) is 8.86. The number of carbonyl (C=O) groups is 1. The van der Waals surface area contributed by atoms with E-state index in [0.29, 0.717) is 12.1 Å². The molecule has 1 aromatic rings. The Morgan fingerprint density at radius 2 is 2.11 bits per heavy atom. The zero-order valence-electron chi connectivity index (χ0n) is 11.8. The fourth-order valence-corrected chi connectivity index (χ4v) is 1.70. The number of methoxy groups -OCH3 is 1. The van der Waals surface area contributed by atoms with Crippen LogP contribution in [-0.2, 0) is 11.3 Å². The molecule has 0 aromatic heterocycles. The van der Waals surface area contributed by atoms with Crippen molar-refractivity contribution in [3.8, 4) is 5.75 Å². The Morgan fingerprint density at radius 1 is 1.47 bits per heavy atom. The summed E-state index contributed by atoms with van der Waals surface area (Å²) in [6.07, 6.45) is 0. The minimum absolute atomic E-state index is 0.0718. The van der Waals surface area contributed by atoms with Crippen LogP contribution in [0.2, 0.25) is 0 Å². The van der Waals surface area contributed by atoms with E-state index in [0.717, 1.165) is 0 Å². The van der Waals surface area contributed by atoms with Gasteiger partial charge in [0, 0.05) is 13.6 Å². The zero-order chi connectivity index (χ0) is 14.6. The normalized spacial score (nSPS) is 12.4. The second-order valence-corrected chi connectivity index (χ2v) is 4.93. The van der Waals surface area contributed by atoms with Crippen molar-refractivity contribution in [3.05, 3.63) is 29.6 Å². The van der Waals surface area contributed by atoms with Crippen LogP contribution in [0.1, 0.15) is 19.4 Å². The summed E-state index contributed by atoms with van der Waals surface area (Å²) < 4.78 is 18.4. The highest BCUT2D eigenvalue weighted by Crippen LogP contribution is 2.18. The molecule has 0 bridgehead atoms. The maximum Gasteiger partial charge on any atom is 0.239 e. The Balaban J connectivity index is 2.74. The topological polar surface area (TPSA) is 55.6 Å². The first kappa shape index (κ1) is 15.4. The van der Waals surface area contributed by atoms with E-state index in [-0.39, 0.29) is 17.6 Å². The van der Waals surface area contributed by atoms with Gasteiger partial charge in [0.05, 0.1) is 13.2 Å². The predicted octanol–water partition coefficient (Wildman–Crippen LogP) is 1.78. The number of hydrogen-bond donors (Lipinski definition) is 1. The Bertz CT molecular complexity index is 449. The highest BCUT2D eigenvalue weighted by molar-refractivity contribution is 5.81. The van der Waals surface area contributed by atoms with E-state index in [2.05, 4.69) is 0 Å².